The number of carbonyl (C=O) groups excluding carboxylic acids is 1. The van der Waals surface area contributed by atoms with E-state index in [9.17, 15) is 4.79 Å². The van der Waals surface area contributed by atoms with Crippen molar-refractivity contribution in [1.82, 2.24) is 9.97 Å². The van der Waals surface area contributed by atoms with Gasteiger partial charge in [0.15, 0.2) is 0 Å². The molecule has 0 aliphatic heterocycles. The van der Waals surface area contributed by atoms with Gasteiger partial charge in [-0.25, -0.2) is 4.79 Å². The lowest BCUT2D eigenvalue weighted by Crippen LogP contribution is -2.06. The number of hydrogen-bond donors (Lipinski definition) is 0. The number of pyridine rings is 2. The Labute approximate surface area is 104 Å². The van der Waals surface area contributed by atoms with E-state index in [0.29, 0.717) is 22.5 Å². The van der Waals surface area contributed by atoms with Crippen LogP contribution in [-0.4, -0.2) is 22.5 Å². The third-order valence-electron chi connectivity index (χ3n) is 2.32. The Morgan fingerprint density at radius 3 is 2.88 bits per heavy atom. The second kappa shape index (κ2) is 4.67. The van der Waals surface area contributed by atoms with Crippen LogP contribution < -0.4 is 0 Å². The Hall–Kier alpha value is -1.68. The van der Waals surface area contributed by atoms with Crippen LogP contribution >= 0.6 is 11.6 Å². The van der Waals surface area contributed by atoms with Gasteiger partial charge in [-0.2, -0.15) is 0 Å². The van der Waals surface area contributed by atoms with Gasteiger partial charge in [0.05, 0.1) is 28.9 Å². The molecule has 0 N–H and O–H groups in total. The van der Waals surface area contributed by atoms with E-state index in [1.54, 1.807) is 19.2 Å². The van der Waals surface area contributed by atoms with Crippen LogP contribution in [0.1, 0.15) is 23.0 Å². The fourth-order valence-electron chi connectivity index (χ4n) is 1.52. The highest BCUT2D eigenvalue weighted by Crippen LogP contribution is 2.26. The zero-order valence-electron chi connectivity index (χ0n) is 9.53. The van der Waals surface area contributed by atoms with Crippen LogP contribution in [0.4, 0.5) is 0 Å². The first-order chi connectivity index (χ1) is 8.13. The molecule has 0 aliphatic carbocycles. The molecule has 0 saturated heterocycles. The first-order valence-electron chi connectivity index (χ1n) is 5.21. The van der Waals surface area contributed by atoms with Crippen LogP contribution in [-0.2, 0) is 4.74 Å². The Morgan fingerprint density at radius 1 is 1.41 bits per heavy atom. The smallest absolute Gasteiger partial charge is 0.341 e. The molecule has 2 rings (SSSR count). The second-order valence-electron chi connectivity index (χ2n) is 3.55. The predicted octanol–water partition coefficient (Wildman–Crippen LogP) is 2.77. The number of aryl methyl sites for hydroxylation is 1. The van der Waals surface area contributed by atoms with Gasteiger partial charge >= 0.3 is 5.97 Å². The molecule has 5 heteroatoms. The highest BCUT2D eigenvalue weighted by molar-refractivity contribution is 6.38. The summed E-state index contributed by atoms with van der Waals surface area (Å²) in [6, 6.07) is 1.80. The van der Waals surface area contributed by atoms with Crippen molar-refractivity contribution < 1.29 is 9.53 Å². The lowest BCUT2D eigenvalue weighted by molar-refractivity contribution is 0.0526. The van der Waals surface area contributed by atoms with Gasteiger partial charge in [-0.15, -0.1) is 0 Å². The maximum absolute atomic E-state index is 11.6. The molecule has 0 aromatic carbocycles. The summed E-state index contributed by atoms with van der Waals surface area (Å²) < 4.78 is 4.91. The van der Waals surface area contributed by atoms with E-state index in [2.05, 4.69) is 9.97 Å². The number of aromatic nitrogens is 2. The third-order valence-corrected chi connectivity index (χ3v) is 2.73. The van der Waals surface area contributed by atoms with E-state index in [-0.39, 0.29) is 5.56 Å². The van der Waals surface area contributed by atoms with Gasteiger partial charge in [0.25, 0.3) is 0 Å². The number of esters is 1. The topological polar surface area (TPSA) is 52.1 Å². The van der Waals surface area contributed by atoms with Gasteiger partial charge in [-0.1, -0.05) is 11.6 Å². The van der Waals surface area contributed by atoms with Gasteiger partial charge in [-0.05, 0) is 19.9 Å². The summed E-state index contributed by atoms with van der Waals surface area (Å²) in [4.78, 5) is 19.9. The number of hydrogen-bond acceptors (Lipinski definition) is 4. The van der Waals surface area contributed by atoms with Crippen molar-refractivity contribution in [2.24, 2.45) is 0 Å². The predicted molar refractivity (Wildman–Crippen MR) is 65.2 cm³/mol. The Balaban J connectivity index is 2.60. The number of carbonyl (C=O) groups is 1. The monoisotopic (exact) mass is 250 g/mol. The fraction of sp³-hybridized carbons (Fsp3) is 0.250. The van der Waals surface area contributed by atoms with E-state index < -0.39 is 5.97 Å². The third kappa shape index (κ3) is 2.22. The quantitative estimate of drug-likeness (QED) is 0.769. The van der Waals surface area contributed by atoms with Gasteiger partial charge < -0.3 is 4.74 Å². The molecule has 0 atom stereocenters. The van der Waals surface area contributed by atoms with E-state index >= 15 is 0 Å². The van der Waals surface area contributed by atoms with E-state index in [4.69, 9.17) is 16.3 Å². The molecule has 0 radical (unpaired) electrons. The lowest BCUT2D eigenvalue weighted by Gasteiger charge is -2.06. The molecule has 0 fully saturated rings. The fourth-order valence-corrected chi connectivity index (χ4v) is 1.80. The summed E-state index contributed by atoms with van der Waals surface area (Å²) in [7, 11) is 0. The van der Waals surface area contributed by atoms with Crippen molar-refractivity contribution in [3.8, 4) is 0 Å². The summed E-state index contributed by atoms with van der Waals surface area (Å²) in [6.07, 6.45) is 3.05. The number of halogens is 1. The summed E-state index contributed by atoms with van der Waals surface area (Å²) in [5.74, 6) is -0.457. The summed E-state index contributed by atoms with van der Waals surface area (Å²) in [5, 5.41) is 1.07. The number of nitrogens with zero attached hydrogens (tertiary/aromatic N) is 2. The normalized spacial score (nSPS) is 10.5. The van der Waals surface area contributed by atoms with Crippen LogP contribution in [0, 0.1) is 6.92 Å². The summed E-state index contributed by atoms with van der Waals surface area (Å²) >= 11 is 6.18. The van der Waals surface area contributed by atoms with Crippen molar-refractivity contribution in [3.05, 3.63) is 34.7 Å². The minimum absolute atomic E-state index is 0.284. The first kappa shape index (κ1) is 11.8. The molecule has 0 amide bonds. The van der Waals surface area contributed by atoms with Crippen LogP contribution in [0.5, 0.6) is 0 Å². The maximum atomic E-state index is 11.6. The zero-order chi connectivity index (χ0) is 12.4. The number of rotatable bonds is 2. The van der Waals surface area contributed by atoms with Gasteiger partial charge in [0.1, 0.15) is 0 Å². The molecule has 2 heterocycles. The summed E-state index contributed by atoms with van der Waals surface area (Å²) in [6.45, 7) is 3.91. The van der Waals surface area contributed by atoms with Gasteiger partial charge in [0.2, 0.25) is 0 Å². The van der Waals surface area contributed by atoms with Crippen molar-refractivity contribution >= 4 is 28.5 Å². The molecule has 0 bridgehead atoms. The molecule has 4 nitrogen and oxygen atoms in total. The van der Waals surface area contributed by atoms with E-state index in [1.165, 1.54) is 6.20 Å². The van der Waals surface area contributed by atoms with Crippen LogP contribution in [0.3, 0.4) is 0 Å². The van der Waals surface area contributed by atoms with Crippen LogP contribution in [0.15, 0.2) is 18.5 Å². The number of ether oxygens (including phenoxy) is 1. The van der Waals surface area contributed by atoms with Crippen molar-refractivity contribution in [2.75, 3.05) is 6.61 Å². The highest BCUT2D eigenvalue weighted by atomic mass is 35.5. The molecule has 2 aromatic heterocycles. The van der Waals surface area contributed by atoms with Gasteiger partial charge in [0, 0.05) is 17.3 Å². The maximum Gasteiger partial charge on any atom is 0.341 e. The largest absolute Gasteiger partial charge is 0.462 e. The van der Waals surface area contributed by atoms with Crippen molar-refractivity contribution in [2.45, 2.75) is 13.8 Å². The first-order valence-corrected chi connectivity index (χ1v) is 5.59. The van der Waals surface area contributed by atoms with Crippen molar-refractivity contribution in [1.29, 1.82) is 0 Å². The van der Waals surface area contributed by atoms with E-state index in [1.807, 2.05) is 6.92 Å². The molecular formula is C12H11ClN2O2. The average molecular weight is 251 g/mol. The lowest BCUT2D eigenvalue weighted by atomic mass is 10.2. The minimum atomic E-state index is -0.457. The highest BCUT2D eigenvalue weighted by Gasteiger charge is 2.15. The second-order valence-corrected chi connectivity index (χ2v) is 3.93. The summed E-state index contributed by atoms with van der Waals surface area (Å²) in [5.41, 5.74) is 1.77. The van der Waals surface area contributed by atoms with Crippen LogP contribution in [0.2, 0.25) is 5.02 Å². The van der Waals surface area contributed by atoms with Crippen molar-refractivity contribution in [3.63, 3.8) is 0 Å². The molecule has 0 unspecified atom stereocenters. The Bertz CT molecular complexity index is 584. The molecular weight excluding hydrogens is 240 g/mol. The molecule has 17 heavy (non-hydrogen) atoms. The zero-order valence-corrected chi connectivity index (χ0v) is 10.3. The van der Waals surface area contributed by atoms with Gasteiger partial charge in [-0.3, -0.25) is 9.97 Å². The molecule has 0 saturated carbocycles. The van der Waals surface area contributed by atoms with E-state index in [0.717, 1.165) is 5.69 Å². The average Bonchev–Trinajstić information content (AvgIpc) is 2.30. The number of fused-ring (bicyclic) bond motifs is 1. The molecule has 0 spiro atoms. The van der Waals surface area contributed by atoms with Crippen LogP contribution in [0.25, 0.3) is 10.9 Å². The molecule has 2 aromatic rings. The standard InChI is InChI=1S/C12H11ClN2O2/c1-3-17-12(16)9-5-15-10-6-14-7(2)4-8(10)11(9)13/h4-6H,3H2,1-2H3. The Kier molecular flexibility index (Phi) is 3.24. The Morgan fingerprint density at radius 2 is 2.18 bits per heavy atom. The molecule has 0 aliphatic rings. The SMILES string of the molecule is CCOC(=O)c1cnc2cnc(C)cc2c1Cl. The minimum Gasteiger partial charge on any atom is -0.462 e. The molecule has 88 valence electrons.